The maximum atomic E-state index is 6.26. The molecule has 0 aromatic heterocycles. The van der Waals surface area contributed by atoms with Crippen molar-refractivity contribution in [2.24, 2.45) is 0 Å². The average Bonchev–Trinajstić information content (AvgIpc) is 2.74. The molecule has 1 aliphatic heterocycles. The molecule has 1 aliphatic rings. The number of hydrogen-bond donors (Lipinski definition) is 2. The first-order valence-electron chi connectivity index (χ1n) is 8.86. The van der Waals surface area contributed by atoms with E-state index < -0.39 is 0 Å². The van der Waals surface area contributed by atoms with Gasteiger partial charge in [-0.25, -0.2) is 0 Å². The van der Waals surface area contributed by atoms with Gasteiger partial charge in [-0.05, 0) is 55.7 Å². The first-order chi connectivity index (χ1) is 12.4. The molecule has 3 rings (SSSR count). The van der Waals surface area contributed by atoms with Crippen LogP contribution in [0.25, 0.3) is 0 Å². The fourth-order valence-electron chi connectivity index (χ4n) is 3.33. The quantitative estimate of drug-likeness (QED) is 0.494. The monoisotopic (exact) mass is 433 g/mol. The SMILES string of the molecule is CC(C)=CCN1Cc2cc(Br)cc(N)c2NCC1Cc1ccc(Cl)cc1. The lowest BCUT2D eigenvalue weighted by atomic mass is 10.0. The number of nitrogens with zero attached hydrogens (tertiary/aromatic N) is 1. The molecule has 0 saturated heterocycles. The molecule has 2 aromatic rings. The standard InChI is InChI=1S/C21H25BrClN3/c1-14(2)7-8-26-13-16-10-17(22)11-20(24)21(16)25-12-19(26)9-15-3-5-18(23)6-4-15/h3-7,10-11,19,25H,8-9,12-13,24H2,1-2H3. The number of anilines is 2. The highest BCUT2D eigenvalue weighted by molar-refractivity contribution is 9.10. The van der Waals surface area contributed by atoms with Crippen LogP contribution in [-0.2, 0) is 13.0 Å². The Balaban J connectivity index is 1.88. The number of rotatable bonds is 4. The van der Waals surface area contributed by atoms with Gasteiger partial charge in [0, 0.05) is 35.2 Å². The molecule has 5 heteroatoms. The first-order valence-corrected chi connectivity index (χ1v) is 10.0. The lowest BCUT2D eigenvalue weighted by Crippen LogP contribution is -2.39. The summed E-state index contributed by atoms with van der Waals surface area (Å²) in [4.78, 5) is 2.52. The van der Waals surface area contributed by atoms with E-state index in [0.717, 1.165) is 46.9 Å². The van der Waals surface area contributed by atoms with Crippen molar-refractivity contribution >= 4 is 38.9 Å². The maximum absolute atomic E-state index is 6.26. The van der Waals surface area contributed by atoms with Crippen LogP contribution in [0, 0.1) is 0 Å². The minimum absolute atomic E-state index is 0.373. The van der Waals surface area contributed by atoms with E-state index in [-0.39, 0.29) is 0 Å². The van der Waals surface area contributed by atoms with Gasteiger partial charge in [0.1, 0.15) is 0 Å². The number of nitrogens with one attached hydrogen (secondary N) is 1. The van der Waals surface area contributed by atoms with E-state index in [4.69, 9.17) is 17.3 Å². The Labute approximate surface area is 169 Å². The van der Waals surface area contributed by atoms with Crippen LogP contribution in [0.1, 0.15) is 25.0 Å². The third-order valence-electron chi connectivity index (χ3n) is 4.74. The summed E-state index contributed by atoms with van der Waals surface area (Å²) in [5.74, 6) is 0. The van der Waals surface area contributed by atoms with Gasteiger partial charge in [-0.3, -0.25) is 4.90 Å². The number of fused-ring (bicyclic) bond motifs is 1. The fraction of sp³-hybridized carbons (Fsp3) is 0.333. The lowest BCUT2D eigenvalue weighted by Gasteiger charge is -2.29. The molecule has 0 spiro atoms. The Morgan fingerprint density at radius 1 is 1.31 bits per heavy atom. The molecule has 0 amide bonds. The summed E-state index contributed by atoms with van der Waals surface area (Å²) >= 11 is 9.61. The van der Waals surface area contributed by atoms with Crippen LogP contribution in [0.3, 0.4) is 0 Å². The van der Waals surface area contributed by atoms with Crippen molar-refractivity contribution in [1.82, 2.24) is 4.90 Å². The Morgan fingerprint density at radius 3 is 2.73 bits per heavy atom. The molecule has 26 heavy (non-hydrogen) atoms. The van der Waals surface area contributed by atoms with E-state index in [1.807, 2.05) is 18.2 Å². The second-order valence-corrected chi connectivity index (χ2v) is 8.46. The Hall–Kier alpha value is -1.49. The molecule has 2 aromatic carbocycles. The summed E-state index contributed by atoms with van der Waals surface area (Å²) in [6.07, 6.45) is 3.26. The predicted octanol–water partition coefficient (Wildman–Crippen LogP) is 5.49. The molecule has 3 N–H and O–H groups in total. The molecule has 0 bridgehead atoms. The van der Waals surface area contributed by atoms with Crippen molar-refractivity contribution in [3.05, 3.63) is 68.7 Å². The summed E-state index contributed by atoms with van der Waals surface area (Å²) < 4.78 is 1.02. The second-order valence-electron chi connectivity index (χ2n) is 7.11. The molecule has 0 fully saturated rings. The summed E-state index contributed by atoms with van der Waals surface area (Å²) in [5.41, 5.74) is 12.0. The first kappa shape index (κ1) is 19.3. The van der Waals surface area contributed by atoms with E-state index in [1.165, 1.54) is 16.7 Å². The largest absolute Gasteiger partial charge is 0.397 e. The van der Waals surface area contributed by atoms with E-state index in [9.17, 15) is 0 Å². The molecule has 138 valence electrons. The lowest BCUT2D eigenvalue weighted by molar-refractivity contribution is 0.220. The van der Waals surface area contributed by atoms with E-state index >= 15 is 0 Å². The van der Waals surface area contributed by atoms with Gasteiger partial charge in [-0.1, -0.05) is 51.3 Å². The number of benzene rings is 2. The Morgan fingerprint density at radius 2 is 2.04 bits per heavy atom. The molecule has 3 nitrogen and oxygen atoms in total. The predicted molar refractivity (Wildman–Crippen MR) is 116 cm³/mol. The van der Waals surface area contributed by atoms with Gasteiger partial charge in [-0.15, -0.1) is 0 Å². The van der Waals surface area contributed by atoms with Gasteiger partial charge in [0.2, 0.25) is 0 Å². The van der Waals surface area contributed by atoms with Gasteiger partial charge >= 0.3 is 0 Å². The fourth-order valence-corrected chi connectivity index (χ4v) is 3.98. The molecule has 1 unspecified atom stereocenters. The van der Waals surface area contributed by atoms with Crippen LogP contribution < -0.4 is 11.1 Å². The number of halogens is 2. The minimum atomic E-state index is 0.373. The Bertz CT molecular complexity index is 798. The zero-order chi connectivity index (χ0) is 18.7. The molecule has 0 radical (unpaired) electrons. The summed E-state index contributed by atoms with van der Waals surface area (Å²) in [7, 11) is 0. The smallest absolute Gasteiger partial charge is 0.0620 e. The minimum Gasteiger partial charge on any atom is -0.397 e. The molecular formula is C21H25BrClN3. The molecule has 0 aliphatic carbocycles. The third-order valence-corrected chi connectivity index (χ3v) is 5.45. The number of nitrogens with two attached hydrogens (primary N) is 1. The summed E-state index contributed by atoms with van der Waals surface area (Å²) in [6, 6.07) is 12.7. The van der Waals surface area contributed by atoms with Crippen molar-refractivity contribution in [3.8, 4) is 0 Å². The number of hydrogen-bond acceptors (Lipinski definition) is 3. The molecule has 0 saturated carbocycles. The highest BCUT2D eigenvalue weighted by Gasteiger charge is 2.24. The molecule has 1 atom stereocenters. The van der Waals surface area contributed by atoms with Crippen LogP contribution in [0.2, 0.25) is 5.02 Å². The average molecular weight is 435 g/mol. The number of nitrogen functional groups attached to an aromatic ring is 1. The van der Waals surface area contributed by atoms with Crippen LogP contribution in [0.15, 0.2) is 52.5 Å². The van der Waals surface area contributed by atoms with Gasteiger partial charge in [0.05, 0.1) is 11.4 Å². The zero-order valence-electron chi connectivity index (χ0n) is 15.2. The summed E-state index contributed by atoms with van der Waals surface area (Å²) in [6.45, 7) is 6.94. The van der Waals surface area contributed by atoms with Crippen LogP contribution in [-0.4, -0.2) is 24.0 Å². The highest BCUT2D eigenvalue weighted by atomic mass is 79.9. The van der Waals surface area contributed by atoms with Crippen molar-refractivity contribution < 1.29 is 0 Å². The van der Waals surface area contributed by atoms with Crippen LogP contribution in [0.4, 0.5) is 11.4 Å². The number of allylic oxidation sites excluding steroid dienone is 1. The third kappa shape index (κ3) is 4.81. The van der Waals surface area contributed by atoms with Crippen LogP contribution >= 0.6 is 27.5 Å². The highest BCUT2D eigenvalue weighted by Crippen LogP contribution is 2.32. The second kappa shape index (κ2) is 8.47. The van der Waals surface area contributed by atoms with Crippen LogP contribution in [0.5, 0.6) is 0 Å². The van der Waals surface area contributed by atoms with E-state index in [2.05, 4.69) is 64.3 Å². The van der Waals surface area contributed by atoms with E-state index in [1.54, 1.807) is 0 Å². The molecular weight excluding hydrogens is 410 g/mol. The molecule has 1 heterocycles. The summed E-state index contributed by atoms with van der Waals surface area (Å²) in [5, 5.41) is 4.36. The van der Waals surface area contributed by atoms with Crippen molar-refractivity contribution in [3.63, 3.8) is 0 Å². The maximum Gasteiger partial charge on any atom is 0.0620 e. The topological polar surface area (TPSA) is 41.3 Å². The van der Waals surface area contributed by atoms with Gasteiger partial charge in [0.25, 0.3) is 0 Å². The van der Waals surface area contributed by atoms with Crippen molar-refractivity contribution in [2.45, 2.75) is 32.9 Å². The van der Waals surface area contributed by atoms with Crippen molar-refractivity contribution in [2.75, 3.05) is 24.1 Å². The van der Waals surface area contributed by atoms with Gasteiger partial charge in [0.15, 0.2) is 0 Å². The Kier molecular flexibility index (Phi) is 6.28. The van der Waals surface area contributed by atoms with E-state index in [0.29, 0.717) is 6.04 Å². The van der Waals surface area contributed by atoms with Gasteiger partial charge in [-0.2, -0.15) is 0 Å². The normalized spacial score (nSPS) is 17.2. The zero-order valence-corrected chi connectivity index (χ0v) is 17.6. The van der Waals surface area contributed by atoms with Gasteiger partial charge < -0.3 is 11.1 Å². The van der Waals surface area contributed by atoms with Crippen molar-refractivity contribution in [1.29, 1.82) is 0 Å².